The van der Waals surface area contributed by atoms with Crippen LogP contribution in [0.2, 0.25) is 0 Å². The molecule has 3 nitrogen and oxygen atoms in total. The van der Waals surface area contributed by atoms with Gasteiger partial charge in [-0.2, -0.15) is 5.26 Å². The van der Waals surface area contributed by atoms with Crippen LogP contribution in [0.3, 0.4) is 0 Å². The van der Waals surface area contributed by atoms with E-state index in [1.54, 1.807) is 11.3 Å². The van der Waals surface area contributed by atoms with Gasteiger partial charge in [-0.15, -0.1) is 23.1 Å². The normalized spacial score (nSPS) is 12.7. The number of rotatable bonds is 4. The van der Waals surface area contributed by atoms with Crippen LogP contribution in [0, 0.1) is 18.3 Å². The SMILES string of the molecule is Cc1ccc(SCC(=O)Nc2sc3c(c2C#N)CCC3)cc1. The molecule has 2 aromatic rings. The largest absolute Gasteiger partial charge is 0.316 e. The highest BCUT2D eigenvalue weighted by molar-refractivity contribution is 8.00. The number of carbonyl (C=O) groups excluding carboxylic acids is 1. The van der Waals surface area contributed by atoms with E-state index in [1.165, 1.54) is 22.2 Å². The van der Waals surface area contributed by atoms with Gasteiger partial charge in [0.25, 0.3) is 0 Å². The van der Waals surface area contributed by atoms with E-state index >= 15 is 0 Å². The molecule has 0 saturated heterocycles. The number of hydrogen-bond donors (Lipinski definition) is 1. The lowest BCUT2D eigenvalue weighted by atomic mass is 10.1. The lowest BCUT2D eigenvalue weighted by Gasteiger charge is -2.04. The van der Waals surface area contributed by atoms with Crippen molar-refractivity contribution in [2.24, 2.45) is 0 Å². The van der Waals surface area contributed by atoms with Crippen LogP contribution >= 0.6 is 23.1 Å². The van der Waals surface area contributed by atoms with E-state index in [2.05, 4.69) is 11.4 Å². The Kier molecular flexibility index (Phi) is 4.51. The van der Waals surface area contributed by atoms with Crippen LogP contribution in [-0.2, 0) is 17.6 Å². The highest BCUT2D eigenvalue weighted by Gasteiger charge is 2.22. The fourth-order valence-electron chi connectivity index (χ4n) is 2.56. The first kappa shape index (κ1) is 15.1. The monoisotopic (exact) mass is 328 g/mol. The third-order valence-electron chi connectivity index (χ3n) is 3.68. The first-order valence-corrected chi connectivity index (χ1v) is 9.01. The maximum atomic E-state index is 12.1. The van der Waals surface area contributed by atoms with Crippen LogP contribution in [-0.4, -0.2) is 11.7 Å². The van der Waals surface area contributed by atoms with Crippen molar-refractivity contribution < 1.29 is 4.79 Å². The maximum absolute atomic E-state index is 12.1. The molecule has 0 spiro atoms. The van der Waals surface area contributed by atoms with Crippen molar-refractivity contribution in [3.05, 3.63) is 45.8 Å². The van der Waals surface area contributed by atoms with Gasteiger partial charge in [0.05, 0.1) is 11.3 Å². The quantitative estimate of drug-likeness (QED) is 0.858. The van der Waals surface area contributed by atoms with E-state index in [9.17, 15) is 10.1 Å². The van der Waals surface area contributed by atoms with Crippen molar-refractivity contribution in [3.63, 3.8) is 0 Å². The number of hydrogen-bond acceptors (Lipinski definition) is 4. The lowest BCUT2D eigenvalue weighted by molar-refractivity contribution is -0.113. The summed E-state index contributed by atoms with van der Waals surface area (Å²) in [7, 11) is 0. The Morgan fingerprint density at radius 2 is 2.14 bits per heavy atom. The summed E-state index contributed by atoms with van der Waals surface area (Å²) in [6.07, 6.45) is 3.11. The van der Waals surface area contributed by atoms with Crippen molar-refractivity contribution in [3.8, 4) is 6.07 Å². The summed E-state index contributed by atoms with van der Waals surface area (Å²) < 4.78 is 0. The Morgan fingerprint density at radius 3 is 2.86 bits per heavy atom. The second-order valence-corrected chi connectivity index (χ2v) is 7.48. The number of aryl methyl sites for hydroxylation is 2. The molecule has 1 N–H and O–H groups in total. The average Bonchev–Trinajstić information content (AvgIpc) is 3.07. The standard InChI is InChI=1S/C17H16N2OS2/c1-11-5-7-12(8-6-11)21-10-16(20)19-17-14(9-18)13-3-2-4-15(13)22-17/h5-8H,2-4,10H2,1H3,(H,19,20). The van der Waals surface area contributed by atoms with Crippen LogP contribution in [0.5, 0.6) is 0 Å². The molecule has 22 heavy (non-hydrogen) atoms. The molecule has 1 aromatic carbocycles. The number of nitrogens with zero attached hydrogens (tertiary/aromatic N) is 1. The molecule has 112 valence electrons. The van der Waals surface area contributed by atoms with Gasteiger partial charge >= 0.3 is 0 Å². The minimum Gasteiger partial charge on any atom is -0.316 e. The number of benzene rings is 1. The summed E-state index contributed by atoms with van der Waals surface area (Å²) in [4.78, 5) is 14.5. The fraction of sp³-hybridized carbons (Fsp3) is 0.294. The van der Waals surface area contributed by atoms with E-state index in [4.69, 9.17) is 0 Å². The third-order valence-corrected chi connectivity index (χ3v) is 5.90. The zero-order chi connectivity index (χ0) is 15.5. The Bertz CT molecular complexity index is 741. The van der Waals surface area contributed by atoms with Gasteiger partial charge in [0.15, 0.2) is 0 Å². The lowest BCUT2D eigenvalue weighted by Crippen LogP contribution is -2.13. The minimum atomic E-state index is -0.0537. The van der Waals surface area contributed by atoms with Gasteiger partial charge in [-0.25, -0.2) is 0 Å². The molecule has 1 heterocycles. The van der Waals surface area contributed by atoms with E-state index in [0.29, 0.717) is 11.3 Å². The number of thiophene rings is 1. The van der Waals surface area contributed by atoms with Crippen molar-refractivity contribution in [2.75, 3.05) is 11.1 Å². The summed E-state index contributed by atoms with van der Waals surface area (Å²) in [5.41, 5.74) is 3.03. The van der Waals surface area contributed by atoms with Gasteiger partial charge in [-0.1, -0.05) is 17.7 Å². The molecular formula is C17H16N2OS2. The molecule has 0 unspecified atom stereocenters. The van der Waals surface area contributed by atoms with Gasteiger partial charge in [-0.3, -0.25) is 4.79 Å². The molecule has 0 fully saturated rings. The molecule has 1 amide bonds. The smallest absolute Gasteiger partial charge is 0.235 e. The van der Waals surface area contributed by atoms with Gasteiger partial charge in [0.2, 0.25) is 5.91 Å². The van der Waals surface area contributed by atoms with Crippen molar-refractivity contribution in [1.82, 2.24) is 0 Å². The molecule has 0 saturated carbocycles. The molecule has 1 aliphatic rings. The van der Waals surface area contributed by atoms with E-state index < -0.39 is 0 Å². The zero-order valence-electron chi connectivity index (χ0n) is 12.3. The van der Waals surface area contributed by atoms with Gasteiger partial charge in [0, 0.05) is 9.77 Å². The molecule has 3 rings (SSSR count). The number of anilines is 1. The van der Waals surface area contributed by atoms with Crippen molar-refractivity contribution >= 4 is 34.0 Å². The van der Waals surface area contributed by atoms with Crippen LogP contribution in [0.1, 0.15) is 28.0 Å². The molecule has 1 aromatic heterocycles. The van der Waals surface area contributed by atoms with Crippen LogP contribution in [0.25, 0.3) is 0 Å². The molecule has 0 atom stereocenters. The highest BCUT2D eigenvalue weighted by atomic mass is 32.2. The van der Waals surface area contributed by atoms with E-state index in [0.717, 1.165) is 34.7 Å². The number of amides is 1. The maximum Gasteiger partial charge on any atom is 0.235 e. The molecular weight excluding hydrogens is 312 g/mol. The summed E-state index contributed by atoms with van der Waals surface area (Å²) >= 11 is 3.07. The highest BCUT2D eigenvalue weighted by Crippen LogP contribution is 2.38. The zero-order valence-corrected chi connectivity index (χ0v) is 13.9. The molecule has 1 aliphatic carbocycles. The van der Waals surface area contributed by atoms with Crippen LogP contribution < -0.4 is 5.32 Å². The van der Waals surface area contributed by atoms with Gasteiger partial charge in [-0.05, 0) is 43.9 Å². The number of carbonyl (C=O) groups is 1. The van der Waals surface area contributed by atoms with E-state index in [-0.39, 0.29) is 5.91 Å². The van der Waals surface area contributed by atoms with Crippen molar-refractivity contribution in [2.45, 2.75) is 31.1 Å². The summed E-state index contributed by atoms with van der Waals surface area (Å²) in [6.45, 7) is 2.04. The fourth-order valence-corrected chi connectivity index (χ4v) is 4.51. The predicted molar refractivity (Wildman–Crippen MR) is 91.6 cm³/mol. The summed E-state index contributed by atoms with van der Waals surface area (Å²) in [5, 5.41) is 13.0. The summed E-state index contributed by atoms with van der Waals surface area (Å²) in [5.74, 6) is 0.304. The molecule has 0 radical (unpaired) electrons. The molecule has 5 heteroatoms. The van der Waals surface area contributed by atoms with E-state index in [1.807, 2.05) is 31.2 Å². The van der Waals surface area contributed by atoms with Crippen LogP contribution in [0.4, 0.5) is 5.00 Å². The average molecular weight is 328 g/mol. The third kappa shape index (κ3) is 3.18. The predicted octanol–water partition coefficient (Wildman–Crippen LogP) is 4.15. The Morgan fingerprint density at radius 1 is 1.36 bits per heavy atom. The topological polar surface area (TPSA) is 52.9 Å². The summed E-state index contributed by atoms with van der Waals surface area (Å²) in [6, 6.07) is 10.4. The molecule has 0 aliphatic heterocycles. The number of fused-ring (bicyclic) bond motifs is 1. The first-order valence-electron chi connectivity index (χ1n) is 7.21. The Labute approximate surface area is 138 Å². The second kappa shape index (κ2) is 6.55. The second-order valence-electron chi connectivity index (χ2n) is 5.32. The number of nitrogens with one attached hydrogen (secondary N) is 1. The first-order chi connectivity index (χ1) is 10.7. The van der Waals surface area contributed by atoms with Gasteiger partial charge < -0.3 is 5.32 Å². The Balaban J connectivity index is 1.63. The minimum absolute atomic E-state index is 0.0537. The van der Waals surface area contributed by atoms with Gasteiger partial charge in [0.1, 0.15) is 11.1 Å². The number of thioether (sulfide) groups is 1. The van der Waals surface area contributed by atoms with Crippen molar-refractivity contribution in [1.29, 1.82) is 5.26 Å². The molecule has 0 bridgehead atoms. The van der Waals surface area contributed by atoms with Crippen LogP contribution in [0.15, 0.2) is 29.2 Å². The number of nitriles is 1. The Hall–Kier alpha value is -1.77.